The third-order valence-electron chi connectivity index (χ3n) is 3.99. The molecule has 1 unspecified atom stereocenters. The zero-order valence-corrected chi connectivity index (χ0v) is 12.6. The Bertz CT molecular complexity index is 626. The highest BCUT2D eigenvalue weighted by atomic mass is 16.1. The van der Waals surface area contributed by atoms with Gasteiger partial charge in [0.1, 0.15) is 11.5 Å². The van der Waals surface area contributed by atoms with Gasteiger partial charge in [0.15, 0.2) is 0 Å². The molecular formula is C15H20N6O. The van der Waals surface area contributed by atoms with E-state index in [4.69, 9.17) is 0 Å². The van der Waals surface area contributed by atoms with Crippen LogP contribution in [0.5, 0.6) is 0 Å². The molecule has 22 heavy (non-hydrogen) atoms. The van der Waals surface area contributed by atoms with Gasteiger partial charge in [0.25, 0.3) is 5.91 Å². The molecule has 7 nitrogen and oxygen atoms in total. The SMILES string of the molecule is Cn1cncc1C(=O)NCC1CCCN(c2cnccn2)C1. The van der Waals surface area contributed by atoms with Gasteiger partial charge in [-0.2, -0.15) is 0 Å². The van der Waals surface area contributed by atoms with Crippen molar-refractivity contribution in [2.45, 2.75) is 12.8 Å². The van der Waals surface area contributed by atoms with Gasteiger partial charge < -0.3 is 14.8 Å². The van der Waals surface area contributed by atoms with Gasteiger partial charge in [-0.25, -0.2) is 9.97 Å². The van der Waals surface area contributed by atoms with Crippen molar-refractivity contribution in [2.75, 3.05) is 24.5 Å². The Morgan fingerprint density at radius 1 is 1.36 bits per heavy atom. The molecule has 0 radical (unpaired) electrons. The minimum absolute atomic E-state index is 0.0726. The molecule has 7 heteroatoms. The Morgan fingerprint density at radius 2 is 2.27 bits per heavy atom. The number of aromatic nitrogens is 4. The van der Waals surface area contributed by atoms with E-state index in [2.05, 4.69) is 25.2 Å². The van der Waals surface area contributed by atoms with Crippen molar-refractivity contribution < 1.29 is 4.79 Å². The third kappa shape index (κ3) is 3.24. The Morgan fingerprint density at radius 3 is 3.00 bits per heavy atom. The van der Waals surface area contributed by atoms with Crippen LogP contribution in [0.15, 0.2) is 31.1 Å². The Labute approximate surface area is 129 Å². The summed E-state index contributed by atoms with van der Waals surface area (Å²) < 4.78 is 1.72. The molecule has 2 aromatic rings. The molecule has 3 heterocycles. The van der Waals surface area contributed by atoms with Crippen molar-refractivity contribution in [1.29, 1.82) is 0 Å². The maximum atomic E-state index is 12.1. The predicted octanol–water partition coefficient (Wildman–Crippen LogP) is 0.856. The molecule has 0 spiro atoms. The van der Waals surface area contributed by atoms with E-state index in [0.29, 0.717) is 18.2 Å². The number of carbonyl (C=O) groups excluding carboxylic acids is 1. The number of amides is 1. The summed E-state index contributed by atoms with van der Waals surface area (Å²) in [5.74, 6) is 1.26. The molecule has 0 saturated carbocycles. The fourth-order valence-corrected chi connectivity index (χ4v) is 2.80. The predicted molar refractivity (Wildman–Crippen MR) is 82.5 cm³/mol. The molecule has 1 aliphatic rings. The summed E-state index contributed by atoms with van der Waals surface area (Å²) in [4.78, 5) is 26.8. The number of anilines is 1. The molecule has 0 aliphatic carbocycles. The maximum Gasteiger partial charge on any atom is 0.269 e. The molecule has 3 rings (SSSR count). The number of rotatable bonds is 4. The Kier molecular flexibility index (Phi) is 4.32. The molecule has 1 amide bonds. The van der Waals surface area contributed by atoms with Gasteiger partial charge in [-0.15, -0.1) is 0 Å². The first-order valence-corrected chi connectivity index (χ1v) is 7.49. The number of aryl methyl sites for hydroxylation is 1. The lowest BCUT2D eigenvalue weighted by atomic mass is 9.98. The number of nitrogens with zero attached hydrogens (tertiary/aromatic N) is 5. The fourth-order valence-electron chi connectivity index (χ4n) is 2.80. The van der Waals surface area contributed by atoms with Crippen LogP contribution in [0.2, 0.25) is 0 Å². The number of nitrogens with one attached hydrogen (secondary N) is 1. The average molecular weight is 300 g/mol. The summed E-state index contributed by atoms with van der Waals surface area (Å²) in [6, 6.07) is 0. The highest BCUT2D eigenvalue weighted by Gasteiger charge is 2.22. The van der Waals surface area contributed by atoms with Crippen LogP contribution in [0, 0.1) is 5.92 Å². The second-order valence-electron chi connectivity index (χ2n) is 5.62. The van der Waals surface area contributed by atoms with Gasteiger partial charge >= 0.3 is 0 Å². The van der Waals surface area contributed by atoms with Crippen LogP contribution >= 0.6 is 0 Å². The standard InChI is InChI=1S/C15H20N6O/c1-20-11-17-8-13(20)15(22)19-7-12-3-2-6-21(10-12)14-9-16-4-5-18-14/h4-5,8-9,11-12H,2-3,6-7,10H2,1H3,(H,19,22). The molecule has 116 valence electrons. The zero-order chi connectivity index (χ0) is 15.4. The lowest BCUT2D eigenvalue weighted by molar-refractivity contribution is 0.0937. The molecule has 1 N–H and O–H groups in total. The number of hydrogen-bond acceptors (Lipinski definition) is 5. The Hall–Kier alpha value is -2.44. The molecule has 0 aromatic carbocycles. The summed E-state index contributed by atoms with van der Waals surface area (Å²) in [5, 5.41) is 3.01. The van der Waals surface area contributed by atoms with Crippen molar-refractivity contribution in [2.24, 2.45) is 13.0 Å². The minimum atomic E-state index is -0.0726. The Balaban J connectivity index is 1.55. The number of piperidine rings is 1. The van der Waals surface area contributed by atoms with E-state index in [1.165, 1.54) is 0 Å². The number of carbonyl (C=O) groups is 1. The summed E-state index contributed by atoms with van der Waals surface area (Å²) in [6.45, 7) is 2.55. The summed E-state index contributed by atoms with van der Waals surface area (Å²) in [6.07, 6.45) is 10.6. The monoisotopic (exact) mass is 300 g/mol. The molecule has 0 bridgehead atoms. The largest absolute Gasteiger partial charge is 0.355 e. The van der Waals surface area contributed by atoms with Gasteiger partial charge in [0.2, 0.25) is 0 Å². The lowest BCUT2D eigenvalue weighted by Gasteiger charge is -2.33. The first-order valence-electron chi connectivity index (χ1n) is 7.49. The van der Waals surface area contributed by atoms with Crippen LogP contribution in [0.1, 0.15) is 23.3 Å². The van der Waals surface area contributed by atoms with Crippen molar-refractivity contribution >= 4 is 11.7 Å². The number of hydrogen-bond donors (Lipinski definition) is 1. The summed E-state index contributed by atoms with van der Waals surface area (Å²) in [5.41, 5.74) is 0.585. The van der Waals surface area contributed by atoms with E-state index >= 15 is 0 Å². The average Bonchev–Trinajstić information content (AvgIpc) is 3.00. The smallest absolute Gasteiger partial charge is 0.269 e. The summed E-state index contributed by atoms with van der Waals surface area (Å²) >= 11 is 0. The van der Waals surface area contributed by atoms with E-state index in [1.54, 1.807) is 35.7 Å². The molecule has 1 fully saturated rings. The molecular weight excluding hydrogens is 280 g/mol. The molecule has 1 atom stereocenters. The van der Waals surface area contributed by atoms with Crippen LogP contribution in [-0.2, 0) is 7.05 Å². The second-order valence-corrected chi connectivity index (χ2v) is 5.62. The van der Waals surface area contributed by atoms with Gasteiger partial charge in [-0.3, -0.25) is 9.78 Å². The normalized spacial score (nSPS) is 18.2. The van der Waals surface area contributed by atoms with Gasteiger partial charge in [0.05, 0.1) is 18.7 Å². The van der Waals surface area contributed by atoms with Crippen LogP contribution in [0.25, 0.3) is 0 Å². The highest BCUT2D eigenvalue weighted by molar-refractivity contribution is 5.92. The molecule has 1 aliphatic heterocycles. The van der Waals surface area contributed by atoms with Crippen molar-refractivity contribution in [3.63, 3.8) is 0 Å². The van der Waals surface area contributed by atoms with Crippen molar-refractivity contribution in [3.8, 4) is 0 Å². The van der Waals surface area contributed by atoms with E-state index in [0.717, 1.165) is 31.7 Å². The van der Waals surface area contributed by atoms with E-state index in [9.17, 15) is 4.79 Å². The van der Waals surface area contributed by atoms with Crippen molar-refractivity contribution in [3.05, 3.63) is 36.8 Å². The second kappa shape index (κ2) is 6.55. The van der Waals surface area contributed by atoms with Crippen LogP contribution in [0.3, 0.4) is 0 Å². The van der Waals surface area contributed by atoms with Gasteiger partial charge in [0, 0.05) is 39.1 Å². The van der Waals surface area contributed by atoms with Crippen molar-refractivity contribution in [1.82, 2.24) is 24.8 Å². The van der Waals surface area contributed by atoms with E-state index in [1.807, 2.05) is 7.05 Å². The topological polar surface area (TPSA) is 75.9 Å². The third-order valence-corrected chi connectivity index (χ3v) is 3.99. The highest BCUT2D eigenvalue weighted by Crippen LogP contribution is 2.20. The summed E-state index contributed by atoms with van der Waals surface area (Å²) in [7, 11) is 1.82. The zero-order valence-electron chi connectivity index (χ0n) is 12.6. The quantitative estimate of drug-likeness (QED) is 0.906. The van der Waals surface area contributed by atoms with Gasteiger partial charge in [-0.05, 0) is 18.8 Å². The first kappa shape index (κ1) is 14.5. The minimum Gasteiger partial charge on any atom is -0.355 e. The van der Waals surface area contributed by atoms with Crippen LogP contribution in [0.4, 0.5) is 5.82 Å². The first-order chi connectivity index (χ1) is 10.7. The molecule has 2 aromatic heterocycles. The van der Waals surface area contributed by atoms with Crippen LogP contribution < -0.4 is 10.2 Å². The van der Waals surface area contributed by atoms with E-state index in [-0.39, 0.29) is 5.91 Å². The maximum absolute atomic E-state index is 12.1. The lowest BCUT2D eigenvalue weighted by Crippen LogP contribution is -2.41. The fraction of sp³-hybridized carbons (Fsp3) is 0.467. The van der Waals surface area contributed by atoms with E-state index < -0.39 is 0 Å². The van der Waals surface area contributed by atoms with Crippen LogP contribution in [-0.4, -0.2) is 45.1 Å². The number of imidazole rings is 1. The van der Waals surface area contributed by atoms with Gasteiger partial charge in [-0.1, -0.05) is 0 Å². The molecule has 1 saturated heterocycles.